The molecule has 1 fully saturated rings. The minimum atomic E-state index is -0.488. The Morgan fingerprint density at radius 1 is 1.32 bits per heavy atom. The molecule has 4 nitrogen and oxygen atoms in total. The summed E-state index contributed by atoms with van der Waals surface area (Å²) in [5, 5.41) is 1.15. The Morgan fingerprint density at radius 2 is 2.00 bits per heavy atom. The van der Waals surface area contributed by atoms with Crippen LogP contribution in [-0.4, -0.2) is 28.4 Å². The first-order valence-corrected chi connectivity index (χ1v) is 7.89. The van der Waals surface area contributed by atoms with Gasteiger partial charge in [0.2, 0.25) is 5.91 Å². The largest absolute Gasteiger partial charge is 0.368 e. The maximum atomic E-state index is 12.1. The molecule has 1 aromatic heterocycles. The van der Waals surface area contributed by atoms with E-state index in [-0.39, 0.29) is 5.91 Å². The topological polar surface area (TPSA) is 59.2 Å². The van der Waals surface area contributed by atoms with Crippen molar-refractivity contribution in [3.8, 4) is 0 Å². The standard InChI is InChI=1S/C18H23N3O/c1-13-11-14(15-7-3-4-8-16(15)20-13)12-21(2)18(17(19)22)9-5-6-10-18/h3-4,7-8,11H,5-6,9-10,12H2,1-2H3,(H2,19,22). The van der Waals surface area contributed by atoms with Gasteiger partial charge in [0.1, 0.15) is 5.54 Å². The SMILES string of the molecule is Cc1cc(CN(C)C2(C(N)=O)CCCC2)c2ccccc2n1. The first-order chi connectivity index (χ1) is 10.5. The number of likely N-dealkylation sites (N-methyl/N-ethyl adjacent to an activating group) is 1. The van der Waals surface area contributed by atoms with E-state index >= 15 is 0 Å². The second kappa shape index (κ2) is 5.69. The van der Waals surface area contributed by atoms with Crippen molar-refractivity contribution in [2.45, 2.75) is 44.7 Å². The molecule has 1 aliphatic carbocycles. The Labute approximate surface area is 131 Å². The van der Waals surface area contributed by atoms with E-state index in [0.717, 1.165) is 42.3 Å². The van der Waals surface area contributed by atoms with Gasteiger partial charge < -0.3 is 5.73 Å². The summed E-state index contributed by atoms with van der Waals surface area (Å²) in [4.78, 5) is 18.8. The van der Waals surface area contributed by atoms with Gasteiger partial charge in [0, 0.05) is 17.6 Å². The van der Waals surface area contributed by atoms with Gasteiger partial charge in [-0.05, 0) is 44.5 Å². The average Bonchev–Trinajstić information content (AvgIpc) is 2.98. The van der Waals surface area contributed by atoms with Crippen LogP contribution in [0.25, 0.3) is 10.9 Å². The van der Waals surface area contributed by atoms with E-state index in [2.05, 4.69) is 22.0 Å². The molecule has 2 N–H and O–H groups in total. The Kier molecular flexibility index (Phi) is 3.87. The van der Waals surface area contributed by atoms with E-state index in [4.69, 9.17) is 5.73 Å². The zero-order chi connectivity index (χ0) is 15.7. The lowest BCUT2D eigenvalue weighted by Crippen LogP contribution is -2.53. The van der Waals surface area contributed by atoms with Crippen LogP contribution in [0.2, 0.25) is 0 Å². The number of pyridine rings is 1. The zero-order valence-electron chi connectivity index (χ0n) is 13.3. The number of benzene rings is 1. The quantitative estimate of drug-likeness (QED) is 0.944. The molecule has 0 radical (unpaired) electrons. The lowest BCUT2D eigenvalue weighted by Gasteiger charge is -2.36. The highest BCUT2D eigenvalue weighted by Gasteiger charge is 2.43. The van der Waals surface area contributed by atoms with Crippen LogP contribution >= 0.6 is 0 Å². The third kappa shape index (κ3) is 2.48. The number of nitrogens with two attached hydrogens (primary N) is 1. The van der Waals surface area contributed by atoms with Crippen LogP contribution < -0.4 is 5.73 Å². The number of aromatic nitrogens is 1. The molecule has 0 aliphatic heterocycles. The molecule has 1 aromatic carbocycles. The van der Waals surface area contributed by atoms with Gasteiger partial charge in [0.15, 0.2) is 0 Å². The highest BCUT2D eigenvalue weighted by atomic mass is 16.1. The first-order valence-electron chi connectivity index (χ1n) is 7.89. The molecular weight excluding hydrogens is 274 g/mol. The minimum absolute atomic E-state index is 0.192. The maximum Gasteiger partial charge on any atom is 0.237 e. The van der Waals surface area contributed by atoms with E-state index in [0.29, 0.717) is 6.54 Å². The molecule has 1 amide bonds. The van der Waals surface area contributed by atoms with Crippen molar-refractivity contribution in [2.75, 3.05) is 7.05 Å². The van der Waals surface area contributed by atoms with E-state index in [1.165, 1.54) is 5.56 Å². The molecule has 3 rings (SSSR count). The predicted octanol–water partition coefficient (Wildman–Crippen LogP) is 2.77. The summed E-state index contributed by atoms with van der Waals surface area (Å²) in [5.41, 5.74) is 8.46. The van der Waals surface area contributed by atoms with Crippen LogP contribution in [0.3, 0.4) is 0 Å². The number of para-hydroxylation sites is 1. The van der Waals surface area contributed by atoms with Crippen LogP contribution in [0.5, 0.6) is 0 Å². The molecule has 0 unspecified atom stereocenters. The van der Waals surface area contributed by atoms with E-state index < -0.39 is 5.54 Å². The second-order valence-corrected chi connectivity index (χ2v) is 6.40. The predicted molar refractivity (Wildman–Crippen MR) is 88.3 cm³/mol. The Morgan fingerprint density at radius 3 is 2.68 bits per heavy atom. The van der Waals surface area contributed by atoms with Crippen molar-refractivity contribution in [1.29, 1.82) is 0 Å². The number of hydrogen-bond donors (Lipinski definition) is 1. The summed E-state index contributed by atoms with van der Waals surface area (Å²) >= 11 is 0. The molecular formula is C18H23N3O. The van der Waals surface area contributed by atoms with Gasteiger partial charge in [0.25, 0.3) is 0 Å². The van der Waals surface area contributed by atoms with Crippen LogP contribution in [0.4, 0.5) is 0 Å². The minimum Gasteiger partial charge on any atom is -0.368 e. The van der Waals surface area contributed by atoms with Gasteiger partial charge in [0.05, 0.1) is 5.52 Å². The number of hydrogen-bond acceptors (Lipinski definition) is 3. The summed E-state index contributed by atoms with van der Waals surface area (Å²) < 4.78 is 0. The number of fused-ring (bicyclic) bond motifs is 1. The van der Waals surface area contributed by atoms with Crippen molar-refractivity contribution in [1.82, 2.24) is 9.88 Å². The van der Waals surface area contributed by atoms with Crippen molar-refractivity contribution in [3.05, 3.63) is 41.6 Å². The third-order valence-corrected chi connectivity index (χ3v) is 4.96. The molecule has 0 bridgehead atoms. The van der Waals surface area contributed by atoms with Gasteiger partial charge in [-0.1, -0.05) is 31.0 Å². The molecule has 22 heavy (non-hydrogen) atoms. The average molecular weight is 297 g/mol. The van der Waals surface area contributed by atoms with Crippen molar-refractivity contribution in [3.63, 3.8) is 0 Å². The number of carbonyl (C=O) groups is 1. The molecule has 1 saturated carbocycles. The lowest BCUT2D eigenvalue weighted by atomic mass is 9.93. The molecule has 4 heteroatoms. The summed E-state index contributed by atoms with van der Waals surface area (Å²) in [5.74, 6) is -0.192. The number of aryl methyl sites for hydroxylation is 1. The van der Waals surface area contributed by atoms with Gasteiger partial charge in [-0.25, -0.2) is 0 Å². The van der Waals surface area contributed by atoms with Gasteiger partial charge in [-0.2, -0.15) is 0 Å². The Hall–Kier alpha value is -1.94. The summed E-state index contributed by atoms with van der Waals surface area (Å²) in [6.07, 6.45) is 3.87. The zero-order valence-corrected chi connectivity index (χ0v) is 13.3. The van der Waals surface area contributed by atoms with Crippen LogP contribution in [0, 0.1) is 6.92 Å². The lowest BCUT2D eigenvalue weighted by molar-refractivity contribution is -0.129. The highest BCUT2D eigenvalue weighted by molar-refractivity contribution is 5.85. The highest BCUT2D eigenvalue weighted by Crippen LogP contribution is 2.35. The molecule has 1 heterocycles. The van der Waals surface area contributed by atoms with Crippen LogP contribution in [0.1, 0.15) is 36.9 Å². The fourth-order valence-corrected chi connectivity index (χ4v) is 3.71. The first kappa shape index (κ1) is 15.0. The molecule has 1 aliphatic rings. The molecule has 0 spiro atoms. The maximum absolute atomic E-state index is 12.1. The molecule has 2 aromatic rings. The van der Waals surface area contributed by atoms with Gasteiger partial charge >= 0.3 is 0 Å². The monoisotopic (exact) mass is 297 g/mol. The summed E-state index contributed by atoms with van der Waals surface area (Å²) in [7, 11) is 2.01. The van der Waals surface area contributed by atoms with Crippen molar-refractivity contribution in [2.24, 2.45) is 5.73 Å². The smallest absolute Gasteiger partial charge is 0.237 e. The molecule has 0 atom stereocenters. The van der Waals surface area contributed by atoms with E-state index in [1.807, 2.05) is 32.2 Å². The normalized spacial score (nSPS) is 17.2. The van der Waals surface area contributed by atoms with Crippen molar-refractivity contribution >= 4 is 16.8 Å². The number of primary amides is 1. The van der Waals surface area contributed by atoms with Gasteiger partial charge in [-0.3, -0.25) is 14.7 Å². The fourth-order valence-electron chi connectivity index (χ4n) is 3.71. The van der Waals surface area contributed by atoms with Gasteiger partial charge in [-0.15, -0.1) is 0 Å². The number of amides is 1. The van der Waals surface area contributed by atoms with Crippen LogP contribution in [0.15, 0.2) is 30.3 Å². The third-order valence-electron chi connectivity index (χ3n) is 4.96. The van der Waals surface area contributed by atoms with Crippen LogP contribution in [-0.2, 0) is 11.3 Å². The van der Waals surface area contributed by atoms with Crippen molar-refractivity contribution < 1.29 is 4.79 Å². The van der Waals surface area contributed by atoms with E-state index in [1.54, 1.807) is 0 Å². The fraction of sp³-hybridized carbons (Fsp3) is 0.444. The van der Waals surface area contributed by atoms with E-state index in [9.17, 15) is 4.79 Å². The summed E-state index contributed by atoms with van der Waals surface area (Å²) in [6, 6.07) is 10.3. The Bertz CT molecular complexity index is 705. The Balaban J connectivity index is 1.97. The number of nitrogens with zero attached hydrogens (tertiary/aromatic N) is 2. The number of rotatable bonds is 4. The number of carbonyl (C=O) groups excluding carboxylic acids is 1. The second-order valence-electron chi connectivity index (χ2n) is 6.40. The molecule has 116 valence electrons. The summed E-state index contributed by atoms with van der Waals surface area (Å²) in [6.45, 7) is 2.72. The molecule has 0 saturated heterocycles.